The lowest BCUT2D eigenvalue weighted by atomic mass is 10.2. The standard InChI is InChI=1S/C11H9N5OS/c12-11-13-7(6-18-11)5-16-10(17)8-3-1-2-4-9(8)14-15-16/h1-4,6H,5H2,(H2,12,13). The largest absolute Gasteiger partial charge is 0.375 e. The molecule has 6 nitrogen and oxygen atoms in total. The Kier molecular flexibility index (Phi) is 2.52. The van der Waals surface area contributed by atoms with Crippen LogP contribution >= 0.6 is 11.3 Å². The van der Waals surface area contributed by atoms with E-state index in [2.05, 4.69) is 15.3 Å². The van der Waals surface area contributed by atoms with Gasteiger partial charge in [-0.05, 0) is 12.1 Å². The van der Waals surface area contributed by atoms with Crippen LogP contribution in [0.15, 0.2) is 34.4 Å². The van der Waals surface area contributed by atoms with Gasteiger partial charge in [-0.25, -0.2) is 9.67 Å². The number of hydrogen-bond donors (Lipinski definition) is 1. The number of aromatic nitrogens is 4. The van der Waals surface area contributed by atoms with Crippen LogP contribution in [0.1, 0.15) is 5.69 Å². The van der Waals surface area contributed by atoms with Gasteiger partial charge in [0.05, 0.1) is 17.6 Å². The van der Waals surface area contributed by atoms with Crippen molar-refractivity contribution < 1.29 is 0 Å². The molecule has 0 aliphatic rings. The molecule has 0 aliphatic carbocycles. The lowest BCUT2D eigenvalue weighted by molar-refractivity contribution is 0.594. The molecule has 2 heterocycles. The van der Waals surface area contributed by atoms with Crippen molar-refractivity contribution in [3.8, 4) is 0 Å². The number of nitrogens with two attached hydrogens (primary N) is 1. The lowest BCUT2D eigenvalue weighted by Crippen LogP contribution is -2.24. The first-order chi connectivity index (χ1) is 8.74. The maximum absolute atomic E-state index is 12.1. The summed E-state index contributed by atoms with van der Waals surface area (Å²) in [6.45, 7) is 0.282. The fraction of sp³-hybridized carbons (Fsp3) is 0.0909. The van der Waals surface area contributed by atoms with E-state index in [1.54, 1.807) is 23.6 Å². The maximum Gasteiger partial charge on any atom is 0.277 e. The number of nitrogens with zero attached hydrogens (tertiary/aromatic N) is 4. The van der Waals surface area contributed by atoms with Crippen LogP contribution in [-0.4, -0.2) is 20.0 Å². The second kappa shape index (κ2) is 4.19. The first kappa shape index (κ1) is 10.8. The van der Waals surface area contributed by atoms with Gasteiger partial charge in [0.15, 0.2) is 5.13 Å². The summed E-state index contributed by atoms with van der Waals surface area (Å²) in [5.41, 5.74) is 6.68. The zero-order valence-corrected chi connectivity index (χ0v) is 10.1. The van der Waals surface area contributed by atoms with Crippen LogP contribution in [0.2, 0.25) is 0 Å². The van der Waals surface area contributed by atoms with E-state index in [4.69, 9.17) is 5.73 Å². The maximum atomic E-state index is 12.1. The molecule has 0 aliphatic heterocycles. The van der Waals surface area contributed by atoms with Crippen LogP contribution in [0.4, 0.5) is 5.13 Å². The molecule has 0 radical (unpaired) electrons. The van der Waals surface area contributed by atoms with E-state index >= 15 is 0 Å². The molecule has 0 saturated carbocycles. The second-order valence-electron chi connectivity index (χ2n) is 3.75. The number of rotatable bonds is 2. The smallest absolute Gasteiger partial charge is 0.277 e. The van der Waals surface area contributed by atoms with E-state index in [1.165, 1.54) is 16.0 Å². The average molecular weight is 259 g/mol. The number of nitrogen functional groups attached to an aromatic ring is 1. The monoisotopic (exact) mass is 259 g/mol. The Balaban J connectivity index is 2.08. The molecule has 2 N–H and O–H groups in total. The molecule has 0 saturated heterocycles. The summed E-state index contributed by atoms with van der Waals surface area (Å²) in [6, 6.07) is 7.12. The Morgan fingerprint density at radius 1 is 1.33 bits per heavy atom. The lowest BCUT2D eigenvalue weighted by Gasteiger charge is -2.02. The van der Waals surface area contributed by atoms with Gasteiger partial charge in [-0.3, -0.25) is 4.79 Å². The van der Waals surface area contributed by atoms with E-state index in [9.17, 15) is 4.79 Å². The van der Waals surface area contributed by atoms with Crippen molar-refractivity contribution in [1.29, 1.82) is 0 Å². The van der Waals surface area contributed by atoms with Gasteiger partial charge in [-0.15, -0.1) is 16.4 Å². The molecule has 90 valence electrons. The minimum absolute atomic E-state index is 0.174. The molecule has 0 amide bonds. The number of hydrogen-bond acceptors (Lipinski definition) is 6. The zero-order valence-electron chi connectivity index (χ0n) is 9.28. The van der Waals surface area contributed by atoms with Gasteiger partial charge in [0.2, 0.25) is 0 Å². The molecule has 7 heteroatoms. The van der Waals surface area contributed by atoms with Crippen molar-refractivity contribution in [2.75, 3.05) is 5.73 Å². The molecular formula is C11H9N5OS. The highest BCUT2D eigenvalue weighted by molar-refractivity contribution is 7.13. The van der Waals surface area contributed by atoms with Crippen LogP contribution in [0.3, 0.4) is 0 Å². The highest BCUT2D eigenvalue weighted by atomic mass is 32.1. The summed E-state index contributed by atoms with van der Waals surface area (Å²) in [7, 11) is 0. The summed E-state index contributed by atoms with van der Waals surface area (Å²) in [5, 5.41) is 10.7. The fourth-order valence-electron chi connectivity index (χ4n) is 1.68. The van der Waals surface area contributed by atoms with Crippen LogP contribution in [0.5, 0.6) is 0 Å². The molecule has 0 bridgehead atoms. The first-order valence-corrected chi connectivity index (χ1v) is 6.14. The Labute approximate surface area is 106 Å². The number of thiazole rings is 1. The predicted molar refractivity (Wildman–Crippen MR) is 69.4 cm³/mol. The zero-order chi connectivity index (χ0) is 12.5. The van der Waals surface area contributed by atoms with E-state index in [0.717, 1.165) is 0 Å². The topological polar surface area (TPSA) is 86.7 Å². The van der Waals surface area contributed by atoms with Gasteiger partial charge in [0, 0.05) is 5.38 Å². The van der Waals surface area contributed by atoms with Crippen LogP contribution in [-0.2, 0) is 6.54 Å². The van der Waals surface area contributed by atoms with E-state index in [0.29, 0.717) is 21.7 Å². The van der Waals surface area contributed by atoms with Crippen LogP contribution < -0.4 is 11.3 Å². The third-order valence-electron chi connectivity index (χ3n) is 2.51. The Morgan fingerprint density at radius 3 is 2.94 bits per heavy atom. The Bertz CT molecular complexity index is 763. The molecule has 0 atom stereocenters. The van der Waals surface area contributed by atoms with Crippen LogP contribution in [0.25, 0.3) is 10.9 Å². The van der Waals surface area contributed by atoms with Crippen LogP contribution in [0, 0.1) is 0 Å². The number of benzene rings is 1. The summed E-state index contributed by atoms with van der Waals surface area (Å²) < 4.78 is 1.29. The van der Waals surface area contributed by atoms with Gasteiger partial charge in [-0.1, -0.05) is 17.3 Å². The minimum atomic E-state index is -0.174. The summed E-state index contributed by atoms with van der Waals surface area (Å²) in [6.07, 6.45) is 0. The molecule has 0 unspecified atom stereocenters. The highest BCUT2D eigenvalue weighted by Gasteiger charge is 2.07. The molecule has 0 spiro atoms. The van der Waals surface area contributed by atoms with Crippen molar-refractivity contribution in [3.05, 3.63) is 45.7 Å². The molecule has 3 rings (SSSR count). The quantitative estimate of drug-likeness (QED) is 0.738. The van der Waals surface area contributed by atoms with E-state index in [-0.39, 0.29) is 12.1 Å². The molecule has 18 heavy (non-hydrogen) atoms. The summed E-state index contributed by atoms with van der Waals surface area (Å²) in [5.74, 6) is 0. The third-order valence-corrected chi connectivity index (χ3v) is 3.23. The van der Waals surface area contributed by atoms with Crippen molar-refractivity contribution >= 4 is 27.4 Å². The van der Waals surface area contributed by atoms with Crippen molar-refractivity contribution in [2.45, 2.75) is 6.54 Å². The van der Waals surface area contributed by atoms with Gasteiger partial charge in [-0.2, -0.15) is 0 Å². The van der Waals surface area contributed by atoms with Gasteiger partial charge >= 0.3 is 0 Å². The minimum Gasteiger partial charge on any atom is -0.375 e. The SMILES string of the molecule is Nc1nc(Cn2nnc3ccccc3c2=O)cs1. The molecule has 2 aromatic heterocycles. The van der Waals surface area contributed by atoms with Crippen molar-refractivity contribution in [2.24, 2.45) is 0 Å². The second-order valence-corrected chi connectivity index (χ2v) is 4.64. The fourth-order valence-corrected chi connectivity index (χ4v) is 2.23. The van der Waals surface area contributed by atoms with Gasteiger partial charge in [0.1, 0.15) is 5.52 Å². The molecule has 3 aromatic rings. The number of fused-ring (bicyclic) bond motifs is 1. The highest BCUT2D eigenvalue weighted by Crippen LogP contribution is 2.11. The third kappa shape index (κ3) is 1.84. The molecule has 1 aromatic carbocycles. The summed E-state index contributed by atoms with van der Waals surface area (Å²) in [4.78, 5) is 16.2. The predicted octanol–water partition coefficient (Wildman–Crippen LogP) is 0.878. The Hall–Kier alpha value is -2.28. The molecule has 0 fully saturated rings. The van der Waals surface area contributed by atoms with Crippen molar-refractivity contribution in [1.82, 2.24) is 20.0 Å². The molecular weight excluding hydrogens is 250 g/mol. The number of anilines is 1. The van der Waals surface area contributed by atoms with Crippen molar-refractivity contribution in [3.63, 3.8) is 0 Å². The van der Waals surface area contributed by atoms with Gasteiger partial charge in [0.25, 0.3) is 5.56 Å². The van der Waals surface area contributed by atoms with E-state index < -0.39 is 0 Å². The normalized spacial score (nSPS) is 10.9. The summed E-state index contributed by atoms with van der Waals surface area (Å²) >= 11 is 1.34. The van der Waals surface area contributed by atoms with Gasteiger partial charge < -0.3 is 5.73 Å². The Morgan fingerprint density at radius 2 is 2.17 bits per heavy atom. The first-order valence-electron chi connectivity index (χ1n) is 5.26. The average Bonchev–Trinajstić information content (AvgIpc) is 2.79. The van der Waals surface area contributed by atoms with E-state index in [1.807, 2.05) is 6.07 Å².